The van der Waals surface area contributed by atoms with Crippen LogP contribution in [0.15, 0.2) is 36.4 Å². The number of rotatable bonds is 6. The third kappa shape index (κ3) is 4.95. The van der Waals surface area contributed by atoms with Gasteiger partial charge in [0.05, 0.1) is 5.75 Å². The van der Waals surface area contributed by atoms with Gasteiger partial charge in [-0.3, -0.25) is 0 Å². The van der Waals surface area contributed by atoms with Crippen LogP contribution < -0.4 is 5.32 Å². The fourth-order valence-corrected chi connectivity index (χ4v) is 3.81. The second-order valence-electron chi connectivity index (χ2n) is 5.73. The van der Waals surface area contributed by atoms with Crippen molar-refractivity contribution >= 4 is 10.0 Å². The summed E-state index contributed by atoms with van der Waals surface area (Å²) in [6, 6.07) is 8.23. The van der Waals surface area contributed by atoms with Crippen LogP contribution in [0.4, 0.5) is 0 Å². The molecule has 1 N–H and O–H groups in total. The van der Waals surface area contributed by atoms with E-state index in [2.05, 4.69) is 19.2 Å². The second-order valence-corrected chi connectivity index (χ2v) is 7.70. The molecule has 21 heavy (non-hydrogen) atoms. The number of hydrogen-bond donors (Lipinski definition) is 1. The number of nitrogens with zero attached hydrogens (tertiary/aromatic N) is 1. The van der Waals surface area contributed by atoms with Crippen molar-refractivity contribution in [1.82, 2.24) is 9.62 Å². The van der Waals surface area contributed by atoms with Crippen LogP contribution in [-0.4, -0.2) is 31.9 Å². The largest absolute Gasteiger partial charge is 0.310 e. The first kappa shape index (κ1) is 16.2. The van der Waals surface area contributed by atoms with E-state index < -0.39 is 10.0 Å². The Hall–Kier alpha value is -1.17. The number of nitrogens with one attached hydrogen (secondary N) is 1. The van der Waals surface area contributed by atoms with Gasteiger partial charge in [0.15, 0.2) is 0 Å². The molecule has 0 saturated heterocycles. The highest BCUT2D eigenvalue weighted by Gasteiger charge is 2.22. The SMILES string of the molecule is CC(C)NCc1cccc(CS(=O)(=O)N2CC=CCC2)c1. The van der Waals surface area contributed by atoms with Gasteiger partial charge in [-0.15, -0.1) is 0 Å². The minimum atomic E-state index is -3.22. The Morgan fingerprint density at radius 3 is 2.67 bits per heavy atom. The Labute approximate surface area is 127 Å². The van der Waals surface area contributed by atoms with Crippen molar-refractivity contribution in [2.75, 3.05) is 13.1 Å². The highest BCUT2D eigenvalue weighted by atomic mass is 32.2. The molecule has 1 heterocycles. The molecule has 5 heteroatoms. The Bertz CT molecular complexity index is 594. The first-order chi connectivity index (χ1) is 9.97. The molecule has 1 aromatic rings. The highest BCUT2D eigenvalue weighted by Crippen LogP contribution is 2.15. The van der Waals surface area contributed by atoms with Gasteiger partial charge in [0, 0.05) is 25.7 Å². The van der Waals surface area contributed by atoms with Gasteiger partial charge >= 0.3 is 0 Å². The van der Waals surface area contributed by atoms with E-state index in [-0.39, 0.29) is 5.75 Å². The van der Waals surface area contributed by atoms with Gasteiger partial charge in [-0.05, 0) is 17.5 Å². The van der Waals surface area contributed by atoms with Crippen molar-refractivity contribution in [3.63, 3.8) is 0 Å². The van der Waals surface area contributed by atoms with Crippen LogP contribution in [0, 0.1) is 0 Å². The summed E-state index contributed by atoms with van der Waals surface area (Å²) >= 11 is 0. The molecule has 0 atom stereocenters. The fourth-order valence-electron chi connectivity index (χ4n) is 2.33. The summed E-state index contributed by atoms with van der Waals surface area (Å²) in [6.45, 7) is 6.04. The number of hydrogen-bond acceptors (Lipinski definition) is 3. The molecule has 2 rings (SSSR count). The van der Waals surface area contributed by atoms with Crippen molar-refractivity contribution in [3.05, 3.63) is 47.5 Å². The Morgan fingerprint density at radius 2 is 2.00 bits per heavy atom. The second kappa shape index (κ2) is 7.20. The molecule has 116 valence electrons. The van der Waals surface area contributed by atoms with Crippen LogP contribution in [-0.2, 0) is 22.3 Å². The quantitative estimate of drug-likeness (QED) is 0.820. The monoisotopic (exact) mass is 308 g/mol. The van der Waals surface area contributed by atoms with Crippen LogP contribution in [0.5, 0.6) is 0 Å². The van der Waals surface area contributed by atoms with Crippen LogP contribution in [0.2, 0.25) is 0 Å². The van der Waals surface area contributed by atoms with E-state index in [9.17, 15) is 8.42 Å². The maximum atomic E-state index is 12.4. The predicted molar refractivity (Wildman–Crippen MR) is 86.4 cm³/mol. The first-order valence-electron chi connectivity index (χ1n) is 7.41. The van der Waals surface area contributed by atoms with Gasteiger partial charge in [-0.1, -0.05) is 50.3 Å². The molecule has 0 fully saturated rings. The number of benzene rings is 1. The Balaban J connectivity index is 2.04. The van der Waals surface area contributed by atoms with Crippen molar-refractivity contribution in [2.24, 2.45) is 0 Å². The van der Waals surface area contributed by atoms with E-state index >= 15 is 0 Å². The fraction of sp³-hybridized carbons (Fsp3) is 0.500. The molecule has 1 aromatic carbocycles. The topological polar surface area (TPSA) is 49.4 Å². The lowest BCUT2D eigenvalue weighted by Crippen LogP contribution is -2.34. The number of sulfonamides is 1. The van der Waals surface area contributed by atoms with Gasteiger partial charge in [-0.2, -0.15) is 4.31 Å². The lowest BCUT2D eigenvalue weighted by Gasteiger charge is -2.22. The average Bonchev–Trinajstić information content (AvgIpc) is 2.46. The smallest absolute Gasteiger partial charge is 0.218 e. The molecule has 0 bridgehead atoms. The van der Waals surface area contributed by atoms with Gasteiger partial charge < -0.3 is 5.32 Å². The van der Waals surface area contributed by atoms with Gasteiger partial charge in [0.2, 0.25) is 10.0 Å². The van der Waals surface area contributed by atoms with E-state index in [4.69, 9.17) is 0 Å². The zero-order valence-electron chi connectivity index (χ0n) is 12.7. The van der Waals surface area contributed by atoms with Crippen molar-refractivity contribution in [1.29, 1.82) is 0 Å². The zero-order chi connectivity index (χ0) is 15.3. The van der Waals surface area contributed by atoms with Gasteiger partial charge in [0.1, 0.15) is 0 Å². The minimum absolute atomic E-state index is 0.0797. The van der Waals surface area contributed by atoms with E-state index in [1.54, 1.807) is 4.31 Å². The third-order valence-corrected chi connectivity index (χ3v) is 5.29. The van der Waals surface area contributed by atoms with E-state index in [1.165, 1.54) is 0 Å². The van der Waals surface area contributed by atoms with Crippen LogP contribution >= 0.6 is 0 Å². The van der Waals surface area contributed by atoms with Crippen molar-refractivity contribution in [2.45, 2.75) is 38.6 Å². The van der Waals surface area contributed by atoms with E-state index in [0.717, 1.165) is 24.1 Å². The van der Waals surface area contributed by atoms with Crippen LogP contribution in [0.25, 0.3) is 0 Å². The molecular weight excluding hydrogens is 284 g/mol. The summed E-state index contributed by atoms with van der Waals surface area (Å²) in [7, 11) is -3.22. The molecule has 4 nitrogen and oxygen atoms in total. The predicted octanol–water partition coefficient (Wildman–Crippen LogP) is 2.28. The molecule has 0 aliphatic carbocycles. The first-order valence-corrected chi connectivity index (χ1v) is 9.02. The average molecular weight is 308 g/mol. The molecule has 0 amide bonds. The summed E-state index contributed by atoms with van der Waals surface area (Å²) in [5, 5.41) is 3.35. The Kier molecular flexibility index (Phi) is 5.56. The zero-order valence-corrected chi connectivity index (χ0v) is 13.6. The maximum absolute atomic E-state index is 12.4. The molecule has 0 saturated carbocycles. The summed E-state index contributed by atoms with van der Waals surface area (Å²) in [4.78, 5) is 0. The summed E-state index contributed by atoms with van der Waals surface area (Å²) < 4.78 is 26.4. The normalized spacial score (nSPS) is 16.5. The molecule has 0 aromatic heterocycles. The summed E-state index contributed by atoms with van der Waals surface area (Å²) in [6.07, 6.45) is 4.76. The highest BCUT2D eigenvalue weighted by molar-refractivity contribution is 7.88. The molecular formula is C16H24N2O2S. The standard InChI is InChI=1S/C16H24N2O2S/c1-14(2)17-12-15-7-6-8-16(11-15)13-21(19,20)18-9-4-3-5-10-18/h3-4,6-8,11,14,17H,5,9-10,12-13H2,1-2H3. The van der Waals surface area contributed by atoms with Gasteiger partial charge in [-0.25, -0.2) is 8.42 Å². The maximum Gasteiger partial charge on any atom is 0.218 e. The van der Waals surface area contributed by atoms with E-state index in [1.807, 2.05) is 36.4 Å². The van der Waals surface area contributed by atoms with Crippen LogP contribution in [0.1, 0.15) is 31.4 Å². The summed E-state index contributed by atoms with van der Waals surface area (Å²) in [5.41, 5.74) is 1.97. The lowest BCUT2D eigenvalue weighted by molar-refractivity contribution is 0.437. The molecule has 1 aliphatic rings. The van der Waals surface area contributed by atoms with Crippen molar-refractivity contribution < 1.29 is 8.42 Å². The molecule has 1 aliphatic heterocycles. The lowest BCUT2D eigenvalue weighted by atomic mass is 10.1. The minimum Gasteiger partial charge on any atom is -0.310 e. The molecule has 0 radical (unpaired) electrons. The summed E-state index contributed by atoms with van der Waals surface area (Å²) in [5.74, 6) is 0.0797. The Morgan fingerprint density at radius 1 is 1.24 bits per heavy atom. The third-order valence-electron chi connectivity index (χ3n) is 3.47. The molecule has 0 spiro atoms. The van der Waals surface area contributed by atoms with E-state index in [0.29, 0.717) is 19.1 Å². The van der Waals surface area contributed by atoms with Gasteiger partial charge in [0.25, 0.3) is 0 Å². The van der Waals surface area contributed by atoms with Crippen molar-refractivity contribution in [3.8, 4) is 0 Å². The van der Waals surface area contributed by atoms with Crippen LogP contribution in [0.3, 0.4) is 0 Å². The molecule has 0 unspecified atom stereocenters.